The molecule has 1 radical (unpaired) electrons. The summed E-state index contributed by atoms with van der Waals surface area (Å²) in [5.41, 5.74) is 0. The monoisotopic (exact) mass is 118 g/mol. The van der Waals surface area contributed by atoms with Crippen LogP contribution in [0, 0.1) is 0 Å². The van der Waals surface area contributed by atoms with Gasteiger partial charge in [0.1, 0.15) is 0 Å². The zero-order chi connectivity index (χ0) is 5.70. The second-order valence-electron chi connectivity index (χ2n) is 1.07. The van der Waals surface area contributed by atoms with Crippen LogP contribution in [-0.2, 0) is 4.74 Å². The van der Waals surface area contributed by atoms with E-state index in [0.717, 1.165) is 0 Å². The summed E-state index contributed by atoms with van der Waals surface area (Å²) in [5.74, 6) is 0.676. The molecular formula is C4H8NOS. The molecule has 0 rings (SSSR count). The van der Waals surface area contributed by atoms with Crippen molar-refractivity contribution in [2.75, 3.05) is 12.9 Å². The highest BCUT2D eigenvalue weighted by Gasteiger charge is 1.89. The van der Waals surface area contributed by atoms with Gasteiger partial charge in [0, 0.05) is 6.42 Å². The number of hydrogen-bond donors (Lipinski definition) is 1. The molecule has 0 aromatic rings. The first kappa shape index (κ1) is 6.82. The zero-order valence-corrected chi connectivity index (χ0v) is 5.11. The third-order valence-corrected chi connectivity index (χ3v) is 0.785. The second kappa shape index (κ2) is 3.99. The van der Waals surface area contributed by atoms with E-state index in [0.29, 0.717) is 12.2 Å². The summed E-state index contributed by atoms with van der Waals surface area (Å²) in [5, 5.41) is 8.50. The molecule has 3 heteroatoms. The first-order chi connectivity index (χ1) is 3.31. The normalized spacial score (nSPS) is 8.29. The van der Waals surface area contributed by atoms with Gasteiger partial charge in [-0.05, 0) is 5.75 Å². The third kappa shape index (κ3) is 3.66. The molecule has 0 aromatic carbocycles. The summed E-state index contributed by atoms with van der Waals surface area (Å²) in [4.78, 5) is 0. The molecule has 0 aliphatic carbocycles. The maximum Gasteiger partial charge on any atom is 0.209 e. The Morgan fingerprint density at radius 3 is 2.57 bits per heavy atom. The van der Waals surface area contributed by atoms with E-state index in [1.165, 1.54) is 7.11 Å². The van der Waals surface area contributed by atoms with Crippen LogP contribution >= 0.6 is 12.6 Å². The smallest absolute Gasteiger partial charge is 0.209 e. The van der Waals surface area contributed by atoms with Crippen LogP contribution in [0.2, 0.25) is 0 Å². The summed E-state index contributed by atoms with van der Waals surface area (Å²) in [6.45, 7) is 0. The first-order valence-corrected chi connectivity index (χ1v) is 2.64. The van der Waals surface area contributed by atoms with Crippen molar-refractivity contribution in [3.63, 3.8) is 0 Å². The van der Waals surface area contributed by atoms with Gasteiger partial charge >= 0.3 is 0 Å². The molecule has 0 aliphatic heterocycles. The van der Waals surface area contributed by atoms with Gasteiger partial charge in [-0.3, -0.25) is 0 Å². The topological polar surface area (TPSA) is 31.5 Å². The summed E-state index contributed by atoms with van der Waals surface area (Å²) in [7, 11) is 1.43. The largest absolute Gasteiger partial charge is 0.483 e. The van der Waals surface area contributed by atoms with Crippen LogP contribution in [0.4, 0.5) is 0 Å². The summed E-state index contributed by atoms with van der Waals surface area (Å²) in [6, 6.07) is 0. The van der Waals surface area contributed by atoms with Crippen LogP contribution in [0.25, 0.3) is 0 Å². The van der Waals surface area contributed by atoms with E-state index in [9.17, 15) is 0 Å². The predicted molar refractivity (Wildman–Crippen MR) is 32.6 cm³/mol. The number of methoxy groups -OCH3 is 1. The second-order valence-corrected chi connectivity index (χ2v) is 1.52. The number of rotatable bonds is 2. The molecule has 0 aromatic heterocycles. The minimum Gasteiger partial charge on any atom is -0.483 e. The van der Waals surface area contributed by atoms with E-state index in [4.69, 9.17) is 5.41 Å². The summed E-state index contributed by atoms with van der Waals surface area (Å²) in [6.07, 6.45) is 0.514. The molecule has 7 heavy (non-hydrogen) atoms. The van der Waals surface area contributed by atoms with Crippen LogP contribution < -0.4 is 5.41 Å². The van der Waals surface area contributed by atoms with E-state index in [2.05, 4.69) is 17.4 Å². The van der Waals surface area contributed by atoms with Gasteiger partial charge in [-0.25, -0.2) is 0 Å². The number of ether oxygens (including phenoxy) is 1. The Hall–Kier alpha value is -0.180. The van der Waals surface area contributed by atoms with Crippen molar-refractivity contribution in [1.29, 1.82) is 0 Å². The van der Waals surface area contributed by atoms with Crippen molar-refractivity contribution < 1.29 is 4.74 Å². The van der Waals surface area contributed by atoms with Crippen LogP contribution in [0.5, 0.6) is 0 Å². The highest BCUT2D eigenvalue weighted by atomic mass is 32.1. The summed E-state index contributed by atoms with van der Waals surface area (Å²) < 4.78 is 4.41. The Labute approximate surface area is 48.8 Å². The lowest BCUT2D eigenvalue weighted by atomic mass is 10.5. The molecule has 0 fully saturated rings. The standard InChI is InChI=1S/C4H8NOS/c1-6-4(5)2-3-7/h7H,2-3H2,1H3. The lowest BCUT2D eigenvalue weighted by Crippen LogP contribution is -2.01. The molecule has 0 saturated heterocycles. The van der Waals surface area contributed by atoms with Gasteiger partial charge in [-0.1, -0.05) is 0 Å². The molecule has 2 nitrogen and oxygen atoms in total. The van der Waals surface area contributed by atoms with E-state index < -0.39 is 0 Å². The van der Waals surface area contributed by atoms with Gasteiger partial charge in [0.05, 0.1) is 7.11 Å². The Balaban J connectivity index is 3.00. The molecular weight excluding hydrogens is 110 g/mol. The average molecular weight is 118 g/mol. The van der Waals surface area contributed by atoms with Crippen LogP contribution in [0.1, 0.15) is 6.42 Å². The Kier molecular flexibility index (Phi) is 3.89. The van der Waals surface area contributed by atoms with Crippen molar-refractivity contribution in [3.05, 3.63) is 0 Å². The zero-order valence-electron chi connectivity index (χ0n) is 4.22. The van der Waals surface area contributed by atoms with Gasteiger partial charge in [-0.15, -0.1) is 5.41 Å². The van der Waals surface area contributed by atoms with Gasteiger partial charge in [0.15, 0.2) is 0 Å². The Bertz CT molecular complexity index is 64.7. The Morgan fingerprint density at radius 1 is 1.86 bits per heavy atom. The highest BCUT2D eigenvalue weighted by Crippen LogP contribution is 1.83. The molecule has 0 spiro atoms. The molecule has 0 bridgehead atoms. The van der Waals surface area contributed by atoms with Gasteiger partial charge in [0.25, 0.3) is 0 Å². The van der Waals surface area contributed by atoms with Crippen LogP contribution in [-0.4, -0.2) is 18.8 Å². The SMILES string of the molecule is COC(=[N])CCS. The molecule has 0 amide bonds. The number of thiol groups is 1. The summed E-state index contributed by atoms with van der Waals surface area (Å²) >= 11 is 3.85. The molecule has 0 aliphatic rings. The molecule has 0 unspecified atom stereocenters. The molecule has 0 heterocycles. The minimum atomic E-state index is 0.0509. The van der Waals surface area contributed by atoms with Gasteiger partial charge in [-0.2, -0.15) is 12.6 Å². The van der Waals surface area contributed by atoms with Gasteiger partial charge in [0.2, 0.25) is 5.90 Å². The van der Waals surface area contributed by atoms with Crippen molar-refractivity contribution >= 4 is 18.5 Å². The average Bonchev–Trinajstić information content (AvgIpc) is 1.68. The van der Waals surface area contributed by atoms with Crippen LogP contribution in [0.3, 0.4) is 0 Å². The predicted octanol–water partition coefficient (Wildman–Crippen LogP) is 0.151. The molecule has 41 valence electrons. The van der Waals surface area contributed by atoms with E-state index in [1.54, 1.807) is 0 Å². The van der Waals surface area contributed by atoms with E-state index >= 15 is 0 Å². The quantitative estimate of drug-likeness (QED) is 0.312. The van der Waals surface area contributed by atoms with Crippen molar-refractivity contribution in [1.82, 2.24) is 5.41 Å². The molecule has 0 N–H and O–H groups in total. The van der Waals surface area contributed by atoms with E-state index in [-0.39, 0.29) is 5.90 Å². The number of nitrogens with zero attached hydrogens (tertiary/aromatic N) is 1. The highest BCUT2D eigenvalue weighted by molar-refractivity contribution is 7.80. The third-order valence-electron chi connectivity index (χ3n) is 0.561. The Morgan fingerprint density at radius 2 is 2.43 bits per heavy atom. The van der Waals surface area contributed by atoms with Crippen LogP contribution in [0.15, 0.2) is 0 Å². The van der Waals surface area contributed by atoms with E-state index in [1.807, 2.05) is 0 Å². The lowest BCUT2D eigenvalue weighted by molar-refractivity contribution is 0.393. The fourth-order valence-corrected chi connectivity index (χ4v) is 0.389. The van der Waals surface area contributed by atoms with Crippen molar-refractivity contribution in [2.24, 2.45) is 0 Å². The maximum atomic E-state index is 8.50. The first-order valence-electron chi connectivity index (χ1n) is 2.01. The van der Waals surface area contributed by atoms with Gasteiger partial charge < -0.3 is 4.74 Å². The fourth-order valence-electron chi connectivity index (χ4n) is 0.198. The molecule has 0 saturated carbocycles. The van der Waals surface area contributed by atoms with Crippen molar-refractivity contribution in [3.8, 4) is 0 Å². The fraction of sp³-hybridized carbons (Fsp3) is 0.750. The minimum absolute atomic E-state index is 0.0509. The lowest BCUT2D eigenvalue weighted by Gasteiger charge is -1.93. The maximum absolute atomic E-state index is 8.50. The number of hydrogen-bond acceptors (Lipinski definition) is 2. The van der Waals surface area contributed by atoms with Crippen molar-refractivity contribution in [2.45, 2.75) is 6.42 Å². The molecule has 0 atom stereocenters.